The number of aliphatic carboxylic acids is 1. The lowest BCUT2D eigenvalue weighted by molar-refractivity contribution is -0.142. The van der Waals surface area contributed by atoms with Gasteiger partial charge in [-0.3, -0.25) is 29.2 Å². The molecule has 0 spiro atoms. The van der Waals surface area contributed by atoms with Gasteiger partial charge in [0, 0.05) is 152 Å². The highest BCUT2D eigenvalue weighted by atomic mass is 32.2. The van der Waals surface area contributed by atoms with E-state index in [1.54, 1.807) is 8.61 Å². The molecule has 8 rings (SSSR count). The molecule has 4 saturated heterocycles. The molecule has 2 aromatic carbocycles. The first-order chi connectivity index (χ1) is 40.2. The second-order valence-corrected chi connectivity index (χ2v) is 31.0. The van der Waals surface area contributed by atoms with Gasteiger partial charge in [-0.1, -0.05) is 50.7 Å². The van der Waals surface area contributed by atoms with Crippen molar-refractivity contribution in [3.63, 3.8) is 0 Å². The minimum absolute atomic E-state index is 0.0271. The number of rotatable bonds is 16. The van der Waals surface area contributed by atoms with Crippen LogP contribution in [0.5, 0.6) is 0 Å². The molecule has 4 heterocycles. The van der Waals surface area contributed by atoms with Gasteiger partial charge in [0.15, 0.2) is 0 Å². The first kappa shape index (κ1) is 70.8. The average molecular weight is 1240 g/mol. The predicted octanol–water partition coefficient (Wildman–Crippen LogP) is 7.71. The molecule has 6 fully saturated rings. The largest absolute Gasteiger partial charge is 0.481 e. The summed E-state index contributed by atoms with van der Waals surface area (Å²) in [6, 6.07) is 7.45. The second-order valence-electron chi connectivity index (χ2n) is 27.2. The van der Waals surface area contributed by atoms with Crippen molar-refractivity contribution in [2.24, 2.45) is 23.7 Å². The SMILES string of the molecule is CC(C)(C)N1CC(C(=O)O)[C@H](c2ccc(F)cc2F)C1.CC(C)N(CC(C1CCCCC1)N1CCN(C(=O)C2CN(C(C)(C)C)C[C@H]2c2ccc(F)cc2F)CC1)S(C)(=O)=O.CC(C)N(CC(C1CCCCC1)N1CCNCC1)S(C)(=O)=O.[3H][B]O. The molecular weight excluding hydrogens is 1140 g/mol. The molecule has 85 heavy (non-hydrogen) atoms. The van der Waals surface area contributed by atoms with Gasteiger partial charge < -0.3 is 20.3 Å². The van der Waals surface area contributed by atoms with Crippen molar-refractivity contribution in [1.29, 1.82) is 1.34 Å². The number of piperazine rings is 2. The van der Waals surface area contributed by atoms with Crippen LogP contribution in [0.2, 0.25) is 0 Å². The minimum Gasteiger partial charge on any atom is -0.481 e. The number of hydrogen-bond donors (Lipinski definition) is 3. The fraction of sp³-hybridized carbons (Fsp3) is 0.774. The third kappa shape index (κ3) is 20.4. The summed E-state index contributed by atoms with van der Waals surface area (Å²) in [6.45, 7) is 29.8. The Labute approximate surface area is 510 Å². The quantitative estimate of drug-likeness (QED) is 0.110. The van der Waals surface area contributed by atoms with Crippen LogP contribution in [0, 0.1) is 46.9 Å². The summed E-state index contributed by atoms with van der Waals surface area (Å²) in [4.78, 5) is 36.5. The number of likely N-dealkylation sites (tertiary alicyclic amines) is 2. The Morgan fingerprint density at radius 2 is 0.988 bits per heavy atom. The maximum atomic E-state index is 14.9. The number of carbonyl (C=O) groups is 2. The number of nitrogens with one attached hydrogen (secondary N) is 1. The van der Waals surface area contributed by atoms with E-state index in [0.29, 0.717) is 88.9 Å². The van der Waals surface area contributed by atoms with Crippen LogP contribution >= 0.6 is 0 Å². The number of amides is 1. The molecule has 4 unspecified atom stereocenters. The lowest BCUT2D eigenvalue weighted by Gasteiger charge is -2.45. The Kier molecular flexibility index (Phi) is 26.6. The Morgan fingerprint density at radius 1 is 0.624 bits per heavy atom. The molecule has 6 atom stereocenters. The van der Waals surface area contributed by atoms with Crippen LogP contribution < -0.4 is 5.32 Å². The second kappa shape index (κ2) is 32.0. The van der Waals surface area contributed by atoms with Gasteiger partial charge >= 0.3 is 5.97 Å². The number of carboxylic acid groups (broad SMARTS) is 1. The van der Waals surface area contributed by atoms with E-state index >= 15 is 0 Å². The standard InChI is InChI=1S/C31H50F2N4O3S.C16H33N3O2S.C15H19F2NO2.BH2O/c1-22(2)37(41(6,39)40)21-29(23-10-8-7-9-11-23)34-14-16-35(17-15-34)30(38)27-20-36(31(3,4)5)19-26(27)25-13-12-24(32)18-28(25)33;1-14(2)19(22(3,20)21)13-16(15-7-5-4-6-8-15)18-11-9-17-10-12-18;1-15(2,3)18-7-11(12(8-18)14(19)20)10-5-4-9(16)6-13(10)17;1-2/h12-13,18,22-23,26-27,29H,7-11,14-17,19-21H2,1-6H3;14-17H,4-13H2,1-3H3;4-6,11-12H,7-8H2,1-3H3,(H,19,20);1-2H/t26-,27?,29?;;11-,12?;/m0.0./s1/i;;;1T. The van der Waals surface area contributed by atoms with Crippen LogP contribution in [-0.4, -0.2) is 221 Å². The van der Waals surface area contributed by atoms with E-state index < -0.39 is 67.0 Å². The summed E-state index contributed by atoms with van der Waals surface area (Å²) in [5.74, 6) is -4.22. The van der Waals surface area contributed by atoms with Crippen molar-refractivity contribution >= 4 is 39.9 Å². The maximum absolute atomic E-state index is 14.9. The number of halogens is 4. The minimum atomic E-state index is -3.34. The van der Waals surface area contributed by atoms with E-state index in [9.17, 15) is 49.1 Å². The van der Waals surface area contributed by atoms with Gasteiger partial charge in [-0.25, -0.2) is 34.4 Å². The maximum Gasteiger partial charge on any atom is 0.308 e. The molecule has 483 valence electrons. The topological polar surface area (TPSA) is 178 Å². The van der Waals surface area contributed by atoms with Crippen molar-refractivity contribution in [2.45, 2.75) is 181 Å². The van der Waals surface area contributed by atoms with Crippen LogP contribution in [0.15, 0.2) is 36.4 Å². The van der Waals surface area contributed by atoms with Crippen molar-refractivity contribution in [1.82, 2.24) is 38.4 Å². The van der Waals surface area contributed by atoms with E-state index in [1.807, 2.05) is 58.3 Å². The summed E-state index contributed by atoms with van der Waals surface area (Å²) in [6.07, 6.45) is 14.9. The van der Waals surface area contributed by atoms with Gasteiger partial charge in [0.25, 0.3) is 8.01 Å². The Bertz CT molecular complexity index is 2670. The highest BCUT2D eigenvalue weighted by molar-refractivity contribution is 7.88. The van der Waals surface area contributed by atoms with E-state index in [0.717, 1.165) is 51.2 Å². The number of hydrogen-bond acceptors (Lipinski definition) is 12. The molecular formula is C62H104BF4N8O8S2. The molecule has 16 nitrogen and oxygen atoms in total. The summed E-state index contributed by atoms with van der Waals surface area (Å²) < 4.78 is 114. The summed E-state index contributed by atoms with van der Waals surface area (Å²) in [5, 5.41) is 19.9. The fourth-order valence-electron chi connectivity index (χ4n) is 14.0. The first-order valence-corrected chi connectivity index (χ1v) is 34.8. The summed E-state index contributed by atoms with van der Waals surface area (Å²) >= 11 is 0. The van der Waals surface area contributed by atoms with E-state index in [2.05, 4.69) is 40.8 Å². The molecule has 0 bridgehead atoms. The third-order valence-corrected chi connectivity index (χ3v) is 21.6. The van der Waals surface area contributed by atoms with Gasteiger partial charge in [-0.2, -0.15) is 8.61 Å². The average Bonchev–Trinajstić information content (AvgIpc) is 3.29. The molecule has 2 aliphatic carbocycles. The van der Waals surface area contributed by atoms with Gasteiger partial charge in [-0.05, 0) is 130 Å². The van der Waals surface area contributed by atoms with Crippen molar-refractivity contribution in [3.05, 3.63) is 70.8 Å². The first-order valence-electron chi connectivity index (χ1n) is 31.6. The van der Waals surface area contributed by atoms with Gasteiger partial charge in [-0.15, -0.1) is 0 Å². The molecule has 1 amide bonds. The number of benzene rings is 2. The fourth-order valence-corrected chi connectivity index (χ4v) is 16.3. The van der Waals surface area contributed by atoms with Gasteiger partial charge in [0.05, 0.1) is 24.3 Å². The van der Waals surface area contributed by atoms with E-state index in [1.165, 1.54) is 88.1 Å². The number of carbonyl (C=O) groups excluding carboxylic acids is 1. The van der Waals surface area contributed by atoms with Gasteiger partial charge in [0.2, 0.25) is 26.0 Å². The highest BCUT2D eigenvalue weighted by Crippen LogP contribution is 2.41. The summed E-state index contributed by atoms with van der Waals surface area (Å²) in [7, 11) is -6.24. The molecule has 0 aromatic heterocycles. The number of sulfonamides is 2. The van der Waals surface area contributed by atoms with Crippen LogP contribution in [0.4, 0.5) is 17.6 Å². The van der Waals surface area contributed by atoms with E-state index in [-0.39, 0.29) is 54.6 Å². The normalized spacial score (nSPS) is 24.1. The Hall–Kier alpha value is -3.26. The van der Waals surface area contributed by atoms with Crippen molar-refractivity contribution in [2.75, 3.05) is 104 Å². The van der Waals surface area contributed by atoms with Crippen molar-refractivity contribution < 1.29 is 54.1 Å². The summed E-state index contributed by atoms with van der Waals surface area (Å²) in [5.41, 5.74) is 0.323. The zero-order valence-corrected chi connectivity index (χ0v) is 54.7. The molecule has 1 radical (unpaired) electrons. The lowest BCUT2D eigenvalue weighted by atomic mass is 9.82. The molecule has 2 aromatic rings. The van der Waals surface area contributed by atoms with E-state index in [4.69, 9.17) is 6.36 Å². The van der Waals surface area contributed by atoms with Crippen LogP contribution in [0.25, 0.3) is 0 Å². The third-order valence-electron chi connectivity index (χ3n) is 18.7. The molecule has 2 saturated carbocycles. The van der Waals surface area contributed by atoms with Crippen molar-refractivity contribution in [3.8, 4) is 0 Å². The Balaban J connectivity index is 0.000000252. The van der Waals surface area contributed by atoms with Crippen LogP contribution in [-0.2, 0) is 29.6 Å². The molecule has 6 aliphatic rings. The molecule has 4 aliphatic heterocycles. The highest BCUT2D eigenvalue weighted by Gasteiger charge is 2.46. The molecule has 3 N–H and O–H groups in total. The lowest BCUT2D eigenvalue weighted by Crippen LogP contribution is -2.58. The van der Waals surface area contributed by atoms with Crippen LogP contribution in [0.3, 0.4) is 0 Å². The van der Waals surface area contributed by atoms with Crippen LogP contribution in [0.1, 0.15) is 156 Å². The molecule has 23 heteroatoms. The number of carboxylic acids is 1. The zero-order chi connectivity index (χ0) is 64.1. The Morgan fingerprint density at radius 3 is 1.33 bits per heavy atom. The number of nitrogens with zero attached hydrogens (tertiary/aromatic N) is 7. The smallest absolute Gasteiger partial charge is 0.308 e. The zero-order valence-electron chi connectivity index (χ0n) is 54.1. The van der Waals surface area contributed by atoms with Gasteiger partial charge in [0.1, 0.15) is 23.3 Å². The monoisotopic (exact) mass is 1240 g/mol. The predicted molar refractivity (Wildman–Crippen MR) is 332 cm³/mol.